The van der Waals surface area contributed by atoms with Crippen LogP contribution in [-0.4, -0.2) is 39.5 Å². The number of rotatable bonds is 2. The van der Waals surface area contributed by atoms with E-state index in [2.05, 4.69) is 4.98 Å². The van der Waals surface area contributed by atoms with Gasteiger partial charge in [-0.25, -0.2) is 9.18 Å². The van der Waals surface area contributed by atoms with Crippen molar-refractivity contribution in [2.45, 2.75) is 25.3 Å². The number of nitrogens with one attached hydrogen (secondary N) is 1. The third-order valence-electron chi connectivity index (χ3n) is 5.44. The number of H-pyrrole nitrogens is 1. The molecular formula is C18H17FN2O4. The number of aromatic nitrogens is 1. The normalized spacial score (nSPS) is 25.3. The van der Waals surface area contributed by atoms with Crippen molar-refractivity contribution in [3.63, 3.8) is 0 Å². The van der Waals surface area contributed by atoms with Crippen LogP contribution in [0.1, 0.15) is 29.6 Å². The minimum Gasteiger partial charge on any atom is -0.480 e. The Morgan fingerprint density at radius 2 is 2.04 bits per heavy atom. The number of pyridine rings is 1. The Hall–Kier alpha value is -2.70. The Bertz CT molecular complexity index is 938. The number of aromatic amines is 1. The van der Waals surface area contributed by atoms with Gasteiger partial charge in [0.15, 0.2) is 0 Å². The van der Waals surface area contributed by atoms with Gasteiger partial charge < -0.3 is 15.0 Å². The Morgan fingerprint density at radius 1 is 1.24 bits per heavy atom. The zero-order valence-electron chi connectivity index (χ0n) is 13.4. The van der Waals surface area contributed by atoms with Crippen LogP contribution in [0.15, 0.2) is 29.1 Å². The summed E-state index contributed by atoms with van der Waals surface area (Å²) in [6.45, 7) is 0.385. The van der Waals surface area contributed by atoms with Gasteiger partial charge in [0.05, 0.1) is 11.1 Å². The third-order valence-corrected chi connectivity index (χ3v) is 5.44. The summed E-state index contributed by atoms with van der Waals surface area (Å²) in [4.78, 5) is 40.6. The number of halogens is 1. The van der Waals surface area contributed by atoms with Crippen LogP contribution in [0.5, 0.6) is 0 Å². The molecule has 4 rings (SSSR count). The maximum absolute atomic E-state index is 13.4. The molecule has 1 aliphatic heterocycles. The van der Waals surface area contributed by atoms with Crippen molar-refractivity contribution >= 4 is 22.8 Å². The van der Waals surface area contributed by atoms with Gasteiger partial charge in [-0.3, -0.25) is 9.59 Å². The van der Waals surface area contributed by atoms with Crippen LogP contribution in [0.4, 0.5) is 4.39 Å². The van der Waals surface area contributed by atoms with Crippen molar-refractivity contribution in [2.24, 2.45) is 11.8 Å². The van der Waals surface area contributed by atoms with E-state index in [0.29, 0.717) is 11.9 Å². The fraction of sp³-hybridized carbons (Fsp3) is 0.389. The minimum absolute atomic E-state index is 0.0350. The number of carbonyl (C=O) groups excluding carboxylic acids is 1. The molecule has 0 radical (unpaired) electrons. The van der Waals surface area contributed by atoms with Crippen LogP contribution in [0, 0.1) is 17.7 Å². The Kier molecular flexibility index (Phi) is 3.59. The van der Waals surface area contributed by atoms with Crippen LogP contribution in [-0.2, 0) is 4.79 Å². The second-order valence-corrected chi connectivity index (χ2v) is 6.83. The molecule has 1 aliphatic carbocycles. The minimum atomic E-state index is -1.01. The topological polar surface area (TPSA) is 90.5 Å². The number of likely N-dealkylation sites (tertiary alicyclic amines) is 1. The van der Waals surface area contributed by atoms with Crippen LogP contribution in [0.25, 0.3) is 10.9 Å². The highest BCUT2D eigenvalue weighted by Gasteiger charge is 2.49. The lowest BCUT2D eigenvalue weighted by Crippen LogP contribution is -2.43. The molecule has 1 saturated heterocycles. The zero-order chi connectivity index (χ0) is 17.7. The molecule has 0 bridgehead atoms. The number of carbonyl (C=O) groups is 2. The summed E-state index contributed by atoms with van der Waals surface area (Å²) in [6, 6.07) is 4.09. The van der Waals surface area contributed by atoms with Gasteiger partial charge in [-0.1, -0.05) is 6.42 Å². The van der Waals surface area contributed by atoms with Crippen molar-refractivity contribution in [1.29, 1.82) is 0 Å². The molecule has 6 nitrogen and oxygen atoms in total. The summed E-state index contributed by atoms with van der Waals surface area (Å²) in [7, 11) is 0. The van der Waals surface area contributed by atoms with Gasteiger partial charge in [-0.15, -0.1) is 0 Å². The molecule has 2 fully saturated rings. The van der Waals surface area contributed by atoms with Crippen LogP contribution < -0.4 is 5.56 Å². The summed E-state index contributed by atoms with van der Waals surface area (Å²) in [5.74, 6) is -1.86. The number of aliphatic carboxylic acids is 1. The first-order valence-electron chi connectivity index (χ1n) is 8.32. The summed E-state index contributed by atoms with van der Waals surface area (Å²) in [5.41, 5.74) is -0.181. The molecule has 0 spiro atoms. The molecule has 1 aromatic heterocycles. The van der Waals surface area contributed by atoms with Gasteiger partial charge in [0.2, 0.25) is 5.56 Å². The number of carboxylic acid groups (broad SMARTS) is 1. The van der Waals surface area contributed by atoms with Gasteiger partial charge >= 0.3 is 5.97 Å². The zero-order valence-corrected chi connectivity index (χ0v) is 13.4. The second kappa shape index (κ2) is 5.68. The Labute approximate surface area is 142 Å². The predicted octanol–water partition coefficient (Wildman–Crippen LogP) is 1.99. The van der Waals surface area contributed by atoms with Gasteiger partial charge in [-0.2, -0.15) is 0 Å². The number of hydrogen-bond acceptors (Lipinski definition) is 3. The summed E-state index contributed by atoms with van der Waals surface area (Å²) in [6.07, 6.45) is 2.70. The lowest BCUT2D eigenvalue weighted by Gasteiger charge is -2.25. The maximum atomic E-state index is 13.4. The first-order chi connectivity index (χ1) is 12.0. The predicted molar refractivity (Wildman–Crippen MR) is 87.8 cm³/mol. The average molecular weight is 344 g/mol. The van der Waals surface area contributed by atoms with E-state index < -0.39 is 29.3 Å². The van der Waals surface area contributed by atoms with Crippen molar-refractivity contribution in [3.8, 4) is 0 Å². The molecule has 130 valence electrons. The van der Waals surface area contributed by atoms with Gasteiger partial charge in [0, 0.05) is 18.0 Å². The van der Waals surface area contributed by atoms with E-state index in [9.17, 15) is 23.9 Å². The third kappa shape index (κ3) is 2.50. The van der Waals surface area contributed by atoms with E-state index in [1.165, 1.54) is 17.0 Å². The van der Waals surface area contributed by atoms with Gasteiger partial charge in [0.25, 0.3) is 5.91 Å². The van der Waals surface area contributed by atoms with E-state index in [1.807, 2.05) is 0 Å². The molecule has 2 aromatic rings. The van der Waals surface area contributed by atoms with Crippen molar-refractivity contribution in [3.05, 3.63) is 46.0 Å². The van der Waals surface area contributed by atoms with E-state index in [-0.39, 0.29) is 22.9 Å². The van der Waals surface area contributed by atoms with E-state index >= 15 is 0 Å². The SMILES string of the molecule is O=C(O)[C@@H]1[C@@H]2CCC[C@H]2CN1C(=O)c1cc(=O)[nH]c2cc(F)ccc12. The number of fused-ring (bicyclic) bond motifs is 2. The highest BCUT2D eigenvalue weighted by atomic mass is 19.1. The van der Waals surface area contributed by atoms with E-state index in [1.54, 1.807) is 0 Å². The van der Waals surface area contributed by atoms with Crippen molar-refractivity contribution in [2.75, 3.05) is 6.54 Å². The highest BCUT2D eigenvalue weighted by Crippen LogP contribution is 2.42. The largest absolute Gasteiger partial charge is 0.480 e. The molecule has 1 aromatic carbocycles. The lowest BCUT2D eigenvalue weighted by molar-refractivity contribution is -0.142. The summed E-state index contributed by atoms with van der Waals surface area (Å²) >= 11 is 0. The maximum Gasteiger partial charge on any atom is 0.326 e. The molecule has 0 unspecified atom stereocenters. The van der Waals surface area contributed by atoms with Crippen molar-refractivity contribution in [1.82, 2.24) is 9.88 Å². The smallest absolute Gasteiger partial charge is 0.326 e. The van der Waals surface area contributed by atoms with Crippen LogP contribution in [0.3, 0.4) is 0 Å². The number of benzene rings is 1. The van der Waals surface area contributed by atoms with Gasteiger partial charge in [-0.05, 0) is 42.9 Å². The van der Waals surface area contributed by atoms with E-state index in [4.69, 9.17) is 0 Å². The summed E-state index contributed by atoms with van der Waals surface area (Å²) in [5, 5.41) is 10.0. The molecular weight excluding hydrogens is 327 g/mol. The molecule has 2 heterocycles. The first-order valence-corrected chi connectivity index (χ1v) is 8.32. The molecule has 2 aliphatic rings. The molecule has 1 amide bonds. The lowest BCUT2D eigenvalue weighted by atomic mass is 9.94. The van der Waals surface area contributed by atoms with E-state index in [0.717, 1.165) is 31.4 Å². The number of amides is 1. The number of carboxylic acids is 1. The Balaban J connectivity index is 1.80. The van der Waals surface area contributed by atoms with Crippen LogP contribution in [0.2, 0.25) is 0 Å². The molecule has 3 atom stereocenters. The first kappa shape index (κ1) is 15.8. The molecule has 25 heavy (non-hydrogen) atoms. The average Bonchev–Trinajstić information content (AvgIpc) is 3.12. The fourth-order valence-electron chi connectivity index (χ4n) is 4.39. The monoisotopic (exact) mass is 344 g/mol. The van der Waals surface area contributed by atoms with Crippen LogP contribution >= 0.6 is 0 Å². The van der Waals surface area contributed by atoms with Gasteiger partial charge in [0.1, 0.15) is 11.9 Å². The molecule has 7 heteroatoms. The number of nitrogens with zero attached hydrogens (tertiary/aromatic N) is 1. The standard InChI is InChI=1S/C18H17FN2O4/c19-10-4-5-12-13(7-15(22)20-14(12)6-10)17(23)21-8-9-2-1-3-11(9)16(21)18(24)25/h4-7,9,11,16H,1-3,8H2,(H,20,22)(H,24,25)/t9-,11+,16-/m0/s1. The second-order valence-electron chi connectivity index (χ2n) is 6.83. The Morgan fingerprint density at radius 3 is 2.80 bits per heavy atom. The highest BCUT2D eigenvalue weighted by molar-refractivity contribution is 6.07. The number of hydrogen-bond donors (Lipinski definition) is 2. The molecule has 2 N–H and O–H groups in total. The summed E-state index contributed by atoms with van der Waals surface area (Å²) < 4.78 is 13.4. The fourth-order valence-corrected chi connectivity index (χ4v) is 4.39. The van der Waals surface area contributed by atoms with Crippen molar-refractivity contribution < 1.29 is 19.1 Å². The quantitative estimate of drug-likeness (QED) is 0.872. The molecule has 1 saturated carbocycles.